The SMILES string of the molecule is CN(C)CCN1C(=O)c2cccc3cc(NCc4ccccc4O[C@H]4O[C@H](CO)[C@@H](O)[C@H](O)[C@H]4O)cc(c23)C1=O.Cl. The Balaban J connectivity index is 0.00000387. The Bertz CT molecular complexity index is 1420. The van der Waals surface area contributed by atoms with Crippen molar-refractivity contribution in [2.24, 2.45) is 0 Å². The van der Waals surface area contributed by atoms with E-state index in [1.165, 1.54) is 4.90 Å². The number of aliphatic hydroxyl groups excluding tert-OH is 4. The summed E-state index contributed by atoms with van der Waals surface area (Å²) < 4.78 is 11.4. The normalized spacial score (nSPS) is 24.0. The van der Waals surface area contributed by atoms with E-state index in [1.807, 2.05) is 43.3 Å². The third-order valence-electron chi connectivity index (χ3n) is 7.25. The molecule has 11 nitrogen and oxygen atoms in total. The molecule has 3 aromatic rings. The minimum absolute atomic E-state index is 0. The lowest BCUT2D eigenvalue weighted by molar-refractivity contribution is -0.277. The van der Waals surface area contributed by atoms with Gasteiger partial charge in [0.2, 0.25) is 6.29 Å². The second-order valence-corrected chi connectivity index (χ2v) is 10.3. The predicted octanol–water partition coefficient (Wildman–Crippen LogP) is 1.21. The number of hydrogen-bond donors (Lipinski definition) is 5. The van der Waals surface area contributed by atoms with Gasteiger partial charge in [0.25, 0.3) is 11.8 Å². The number of para-hydroxylation sites is 1. The molecule has 1 fully saturated rings. The van der Waals surface area contributed by atoms with Crippen molar-refractivity contribution >= 4 is 40.7 Å². The first kappa shape index (κ1) is 30.7. The topological polar surface area (TPSA) is 152 Å². The molecule has 12 heteroatoms. The Morgan fingerprint density at radius 3 is 2.41 bits per heavy atom. The fraction of sp³-hybridized carbons (Fsp3) is 0.379. The van der Waals surface area contributed by atoms with Crippen LogP contribution in [0.3, 0.4) is 0 Å². The number of anilines is 1. The van der Waals surface area contributed by atoms with Crippen LogP contribution in [-0.4, -0.2) is 107 Å². The van der Waals surface area contributed by atoms with Gasteiger partial charge >= 0.3 is 0 Å². The number of carbonyl (C=O) groups excluding carboxylic acids is 2. The van der Waals surface area contributed by atoms with Gasteiger partial charge in [0, 0.05) is 41.8 Å². The van der Waals surface area contributed by atoms with E-state index in [9.17, 15) is 30.0 Å². The minimum Gasteiger partial charge on any atom is -0.462 e. The van der Waals surface area contributed by atoms with Crippen LogP contribution in [0.2, 0.25) is 0 Å². The average Bonchev–Trinajstić information content (AvgIpc) is 2.95. The largest absolute Gasteiger partial charge is 0.462 e. The number of amides is 2. The van der Waals surface area contributed by atoms with Crippen LogP contribution in [0, 0.1) is 0 Å². The molecule has 3 aromatic carbocycles. The predicted molar refractivity (Wildman–Crippen MR) is 153 cm³/mol. The summed E-state index contributed by atoms with van der Waals surface area (Å²) in [6.07, 6.45) is -6.98. The van der Waals surface area contributed by atoms with Gasteiger partial charge < -0.3 is 40.1 Å². The van der Waals surface area contributed by atoms with Crippen LogP contribution < -0.4 is 10.1 Å². The van der Waals surface area contributed by atoms with Gasteiger partial charge in [-0.25, -0.2) is 0 Å². The Kier molecular flexibility index (Phi) is 9.50. The molecule has 0 unspecified atom stereocenters. The van der Waals surface area contributed by atoms with Gasteiger partial charge in [-0.2, -0.15) is 0 Å². The number of halogens is 1. The number of aliphatic hydroxyl groups is 4. The van der Waals surface area contributed by atoms with Crippen LogP contribution in [0.5, 0.6) is 5.75 Å². The number of carbonyl (C=O) groups is 2. The highest BCUT2D eigenvalue weighted by atomic mass is 35.5. The van der Waals surface area contributed by atoms with Crippen LogP contribution in [0.15, 0.2) is 54.6 Å². The van der Waals surface area contributed by atoms with Gasteiger partial charge in [0.1, 0.15) is 30.2 Å². The van der Waals surface area contributed by atoms with Crippen molar-refractivity contribution in [2.75, 3.05) is 39.1 Å². The Labute approximate surface area is 243 Å². The minimum atomic E-state index is -1.55. The summed E-state index contributed by atoms with van der Waals surface area (Å²) in [5, 5.41) is 44.7. The van der Waals surface area contributed by atoms with E-state index >= 15 is 0 Å². The number of rotatable bonds is 9. The maximum atomic E-state index is 13.4. The standard InChI is InChI=1S/C29H33N3O8.ClH/c1-31(2)10-11-32-27(37)19-8-5-7-16-12-18(13-20(23(16)19)28(32)38)30-14-17-6-3-4-9-21(17)39-29-26(36)25(35)24(34)22(15-33)40-29;/h3-9,12-13,22,24-26,29-30,33-36H,10-11,14-15H2,1-2H3;1H/t22-,24-,25+,26-,29+;/m1./s1. The molecule has 5 atom stereocenters. The molecule has 0 saturated carbocycles. The van der Waals surface area contributed by atoms with Gasteiger partial charge in [-0.05, 0) is 43.7 Å². The monoisotopic (exact) mass is 587 g/mol. The van der Waals surface area contributed by atoms with Crippen LogP contribution in [0.4, 0.5) is 5.69 Å². The quantitative estimate of drug-likeness (QED) is 0.231. The van der Waals surface area contributed by atoms with Crippen molar-refractivity contribution in [3.8, 4) is 5.75 Å². The van der Waals surface area contributed by atoms with Crippen molar-refractivity contribution in [1.82, 2.24) is 9.80 Å². The maximum Gasteiger partial charge on any atom is 0.261 e. The number of ether oxygens (including phenoxy) is 2. The van der Waals surface area contributed by atoms with E-state index in [0.717, 1.165) is 5.39 Å². The fourth-order valence-corrected chi connectivity index (χ4v) is 5.01. The molecule has 0 spiro atoms. The highest BCUT2D eigenvalue weighted by molar-refractivity contribution is 6.26. The van der Waals surface area contributed by atoms with Gasteiger partial charge in [0.15, 0.2) is 0 Å². The smallest absolute Gasteiger partial charge is 0.261 e. The molecule has 0 aromatic heterocycles. The second kappa shape index (κ2) is 12.7. The molecule has 0 radical (unpaired) electrons. The number of nitrogens with one attached hydrogen (secondary N) is 1. The van der Waals surface area contributed by atoms with Gasteiger partial charge in [-0.1, -0.05) is 30.3 Å². The molecule has 1 saturated heterocycles. The van der Waals surface area contributed by atoms with Gasteiger partial charge in [-0.15, -0.1) is 12.4 Å². The highest BCUT2D eigenvalue weighted by Crippen LogP contribution is 2.33. The first-order valence-electron chi connectivity index (χ1n) is 13.1. The van der Waals surface area contributed by atoms with Crippen molar-refractivity contribution in [3.05, 3.63) is 71.3 Å². The molecule has 41 heavy (non-hydrogen) atoms. The second-order valence-electron chi connectivity index (χ2n) is 10.3. The third-order valence-corrected chi connectivity index (χ3v) is 7.25. The summed E-state index contributed by atoms with van der Waals surface area (Å²) in [6, 6.07) is 16.0. The van der Waals surface area contributed by atoms with Crippen LogP contribution in [-0.2, 0) is 11.3 Å². The zero-order valence-corrected chi connectivity index (χ0v) is 23.5. The number of nitrogens with zero attached hydrogens (tertiary/aromatic N) is 2. The Morgan fingerprint density at radius 1 is 0.951 bits per heavy atom. The molecule has 2 aliphatic heterocycles. The lowest BCUT2D eigenvalue weighted by Gasteiger charge is -2.39. The Hall–Kier alpha value is -3.29. The number of likely N-dealkylation sites (N-methyl/N-ethyl adjacent to an activating group) is 1. The van der Waals surface area contributed by atoms with Crippen LogP contribution in [0.25, 0.3) is 10.8 Å². The zero-order chi connectivity index (χ0) is 28.6. The molecular weight excluding hydrogens is 554 g/mol. The molecule has 5 N–H and O–H groups in total. The zero-order valence-electron chi connectivity index (χ0n) is 22.6. The molecule has 220 valence electrons. The number of hydrogen-bond acceptors (Lipinski definition) is 10. The van der Waals surface area contributed by atoms with Crippen molar-refractivity contribution in [3.63, 3.8) is 0 Å². The van der Waals surface area contributed by atoms with E-state index < -0.39 is 37.3 Å². The van der Waals surface area contributed by atoms with E-state index in [2.05, 4.69) is 5.32 Å². The van der Waals surface area contributed by atoms with Crippen LogP contribution in [0.1, 0.15) is 26.3 Å². The molecule has 2 aliphatic rings. The molecule has 2 amide bonds. The van der Waals surface area contributed by atoms with E-state index in [0.29, 0.717) is 40.1 Å². The average molecular weight is 588 g/mol. The summed E-state index contributed by atoms with van der Waals surface area (Å²) in [5.41, 5.74) is 2.30. The third kappa shape index (κ3) is 6.02. The molecule has 0 bridgehead atoms. The van der Waals surface area contributed by atoms with E-state index in [1.54, 1.807) is 30.3 Å². The van der Waals surface area contributed by atoms with Gasteiger partial charge in [-0.3, -0.25) is 14.5 Å². The van der Waals surface area contributed by atoms with Crippen molar-refractivity contribution < 1.29 is 39.5 Å². The van der Waals surface area contributed by atoms with E-state index in [4.69, 9.17) is 9.47 Å². The summed E-state index contributed by atoms with van der Waals surface area (Å²) in [4.78, 5) is 29.7. The number of imide groups is 1. The van der Waals surface area contributed by atoms with E-state index in [-0.39, 0.29) is 37.3 Å². The molecule has 2 heterocycles. The lowest BCUT2D eigenvalue weighted by Crippen LogP contribution is -2.60. The Morgan fingerprint density at radius 2 is 1.68 bits per heavy atom. The highest BCUT2D eigenvalue weighted by Gasteiger charge is 2.45. The summed E-state index contributed by atoms with van der Waals surface area (Å²) in [6.45, 7) is 0.541. The molecule has 0 aliphatic carbocycles. The summed E-state index contributed by atoms with van der Waals surface area (Å²) in [5.74, 6) is -0.282. The van der Waals surface area contributed by atoms with Crippen LogP contribution >= 0.6 is 12.4 Å². The van der Waals surface area contributed by atoms with Crippen molar-refractivity contribution in [2.45, 2.75) is 37.3 Å². The summed E-state index contributed by atoms with van der Waals surface area (Å²) >= 11 is 0. The summed E-state index contributed by atoms with van der Waals surface area (Å²) in [7, 11) is 3.77. The molecular formula is C29H34ClN3O8. The first-order valence-corrected chi connectivity index (χ1v) is 13.1. The number of benzene rings is 3. The first-order chi connectivity index (χ1) is 19.2. The molecule has 5 rings (SSSR count). The van der Waals surface area contributed by atoms with Gasteiger partial charge in [0.05, 0.1) is 12.2 Å². The maximum absolute atomic E-state index is 13.4. The lowest BCUT2D eigenvalue weighted by atomic mass is 9.93. The van der Waals surface area contributed by atoms with Crippen molar-refractivity contribution in [1.29, 1.82) is 0 Å². The fourth-order valence-electron chi connectivity index (χ4n) is 5.01.